The molecule has 1 N–H and O–H groups in total. The van der Waals surface area contributed by atoms with Gasteiger partial charge in [-0.15, -0.1) is 12.4 Å². The van der Waals surface area contributed by atoms with Crippen LogP contribution in [0.25, 0.3) is 10.8 Å². The lowest BCUT2D eigenvalue weighted by molar-refractivity contribution is 0.0453. The zero-order valence-corrected chi connectivity index (χ0v) is 21.1. The van der Waals surface area contributed by atoms with Crippen LogP contribution in [0.15, 0.2) is 54.6 Å². The van der Waals surface area contributed by atoms with Gasteiger partial charge in [0.2, 0.25) is 6.79 Å². The van der Waals surface area contributed by atoms with Gasteiger partial charge in [-0.3, -0.25) is 14.5 Å². The van der Waals surface area contributed by atoms with E-state index in [0.717, 1.165) is 36.7 Å². The Hall–Kier alpha value is -3.33. The largest absolute Gasteiger partial charge is 0.491 e. The number of aliphatic hydroxyl groups is 1. The number of piperidine rings is 1. The second kappa shape index (κ2) is 10.6. The normalized spacial score (nSPS) is 18.1. The Labute approximate surface area is 221 Å². The molecular formula is C28H29ClN2O6. The Morgan fingerprint density at radius 1 is 0.946 bits per heavy atom. The predicted molar refractivity (Wildman–Crippen MR) is 140 cm³/mol. The number of halogens is 1. The summed E-state index contributed by atoms with van der Waals surface area (Å²) in [4.78, 5) is 30.0. The molecule has 8 nitrogen and oxygen atoms in total. The highest BCUT2D eigenvalue weighted by atomic mass is 35.5. The highest BCUT2D eigenvalue weighted by molar-refractivity contribution is 6.25. The number of rotatable bonds is 7. The van der Waals surface area contributed by atoms with Gasteiger partial charge in [0.15, 0.2) is 11.5 Å². The van der Waals surface area contributed by atoms with Crippen molar-refractivity contribution in [3.8, 4) is 17.2 Å². The number of carbonyl (C=O) groups is 2. The van der Waals surface area contributed by atoms with E-state index in [1.54, 1.807) is 18.2 Å². The van der Waals surface area contributed by atoms with Crippen LogP contribution in [0.1, 0.15) is 33.6 Å². The molecule has 0 spiro atoms. The fourth-order valence-electron chi connectivity index (χ4n) is 5.37. The summed E-state index contributed by atoms with van der Waals surface area (Å²) in [7, 11) is 0. The van der Waals surface area contributed by atoms with Crippen LogP contribution in [0.5, 0.6) is 17.2 Å². The lowest BCUT2D eigenvalue weighted by atomic mass is 9.91. The van der Waals surface area contributed by atoms with Gasteiger partial charge in [-0.05, 0) is 61.5 Å². The molecule has 37 heavy (non-hydrogen) atoms. The van der Waals surface area contributed by atoms with E-state index in [4.69, 9.17) is 14.2 Å². The predicted octanol–water partition coefficient (Wildman–Crippen LogP) is 3.74. The first-order chi connectivity index (χ1) is 17.6. The smallest absolute Gasteiger partial charge is 0.261 e. The zero-order valence-electron chi connectivity index (χ0n) is 20.3. The van der Waals surface area contributed by atoms with E-state index in [2.05, 4.69) is 4.90 Å². The summed E-state index contributed by atoms with van der Waals surface area (Å²) >= 11 is 0. The molecule has 6 rings (SSSR count). The third kappa shape index (κ3) is 4.97. The SMILES string of the molecule is Cl.O=C1c2cccc3cccc(c23)C(=O)N1CC1CCN(CC(O)COc2ccc3c(c2)OCO3)CC1. The van der Waals surface area contributed by atoms with Crippen LogP contribution < -0.4 is 14.2 Å². The number of aliphatic hydroxyl groups excluding tert-OH is 1. The van der Waals surface area contributed by atoms with Gasteiger partial charge >= 0.3 is 0 Å². The van der Waals surface area contributed by atoms with Crippen LogP contribution >= 0.6 is 12.4 Å². The molecule has 3 aliphatic rings. The molecule has 0 bridgehead atoms. The summed E-state index contributed by atoms with van der Waals surface area (Å²) in [5.41, 5.74) is 1.21. The van der Waals surface area contributed by atoms with Crippen LogP contribution in [0.4, 0.5) is 0 Å². The molecule has 1 unspecified atom stereocenters. The van der Waals surface area contributed by atoms with Crippen LogP contribution in [0, 0.1) is 5.92 Å². The third-order valence-corrected chi connectivity index (χ3v) is 7.26. The van der Waals surface area contributed by atoms with Gasteiger partial charge in [-0.2, -0.15) is 0 Å². The number of hydrogen-bond acceptors (Lipinski definition) is 7. The van der Waals surface area contributed by atoms with Crippen molar-refractivity contribution in [3.05, 3.63) is 65.7 Å². The van der Waals surface area contributed by atoms with Crippen molar-refractivity contribution in [1.82, 2.24) is 9.80 Å². The summed E-state index contributed by atoms with van der Waals surface area (Å²) in [5.74, 6) is 1.80. The number of fused-ring (bicyclic) bond motifs is 1. The Morgan fingerprint density at radius 2 is 1.62 bits per heavy atom. The fraction of sp³-hybridized carbons (Fsp3) is 0.357. The van der Waals surface area contributed by atoms with Gasteiger partial charge < -0.3 is 24.2 Å². The van der Waals surface area contributed by atoms with Crippen molar-refractivity contribution in [1.29, 1.82) is 0 Å². The summed E-state index contributed by atoms with van der Waals surface area (Å²) in [6.45, 7) is 2.92. The van der Waals surface area contributed by atoms with Gasteiger partial charge in [-0.1, -0.05) is 24.3 Å². The van der Waals surface area contributed by atoms with E-state index in [0.29, 0.717) is 41.5 Å². The molecule has 1 fully saturated rings. The number of hydrogen-bond donors (Lipinski definition) is 1. The molecule has 3 aromatic rings. The molecule has 0 aromatic heterocycles. The molecule has 3 heterocycles. The van der Waals surface area contributed by atoms with E-state index in [1.165, 1.54) is 4.90 Å². The summed E-state index contributed by atoms with van der Waals surface area (Å²) < 4.78 is 16.4. The van der Waals surface area contributed by atoms with Crippen LogP contribution in [0.3, 0.4) is 0 Å². The monoisotopic (exact) mass is 524 g/mol. The Morgan fingerprint density at radius 3 is 2.32 bits per heavy atom. The number of carbonyl (C=O) groups excluding carboxylic acids is 2. The molecule has 194 valence electrons. The Kier molecular flexibility index (Phi) is 7.24. The fourth-order valence-corrected chi connectivity index (χ4v) is 5.37. The molecule has 1 atom stereocenters. The number of benzene rings is 3. The van der Waals surface area contributed by atoms with Crippen LogP contribution in [-0.2, 0) is 0 Å². The van der Waals surface area contributed by atoms with Gasteiger partial charge in [0.05, 0.1) is 0 Å². The van der Waals surface area contributed by atoms with Gasteiger partial charge in [0, 0.05) is 35.7 Å². The minimum absolute atomic E-state index is 0. The number of imide groups is 1. The second-order valence-electron chi connectivity index (χ2n) is 9.65. The van der Waals surface area contributed by atoms with Crippen molar-refractivity contribution in [2.45, 2.75) is 18.9 Å². The molecule has 2 amide bonds. The Balaban J connectivity index is 0.00000280. The maximum absolute atomic E-state index is 13.2. The average Bonchev–Trinajstić information content (AvgIpc) is 3.37. The minimum Gasteiger partial charge on any atom is -0.491 e. The summed E-state index contributed by atoms with van der Waals surface area (Å²) in [5, 5.41) is 12.2. The van der Waals surface area contributed by atoms with Crippen molar-refractivity contribution < 1.29 is 28.9 Å². The summed E-state index contributed by atoms with van der Waals surface area (Å²) in [6.07, 6.45) is 1.09. The third-order valence-electron chi connectivity index (χ3n) is 7.26. The first-order valence-corrected chi connectivity index (χ1v) is 12.4. The Bertz CT molecular complexity index is 1270. The van der Waals surface area contributed by atoms with E-state index in [-0.39, 0.29) is 43.5 Å². The number of ether oxygens (including phenoxy) is 3. The van der Waals surface area contributed by atoms with Crippen molar-refractivity contribution in [3.63, 3.8) is 0 Å². The lowest BCUT2D eigenvalue weighted by Crippen LogP contribution is -2.46. The minimum atomic E-state index is -0.630. The number of nitrogens with zero attached hydrogens (tertiary/aromatic N) is 2. The molecule has 1 saturated heterocycles. The summed E-state index contributed by atoms with van der Waals surface area (Å²) in [6, 6.07) is 16.6. The highest BCUT2D eigenvalue weighted by Gasteiger charge is 2.35. The van der Waals surface area contributed by atoms with Crippen LogP contribution in [0.2, 0.25) is 0 Å². The molecule has 0 saturated carbocycles. The average molecular weight is 525 g/mol. The van der Waals surface area contributed by atoms with E-state index >= 15 is 0 Å². The van der Waals surface area contributed by atoms with Gasteiger partial charge in [0.25, 0.3) is 11.8 Å². The maximum atomic E-state index is 13.2. The van der Waals surface area contributed by atoms with Crippen molar-refractivity contribution in [2.24, 2.45) is 5.92 Å². The number of likely N-dealkylation sites (tertiary alicyclic amines) is 1. The van der Waals surface area contributed by atoms with Crippen LogP contribution in [-0.4, -0.2) is 72.4 Å². The topological polar surface area (TPSA) is 88.5 Å². The first-order valence-electron chi connectivity index (χ1n) is 12.4. The molecule has 3 aliphatic heterocycles. The van der Waals surface area contributed by atoms with E-state index in [9.17, 15) is 14.7 Å². The van der Waals surface area contributed by atoms with E-state index < -0.39 is 6.10 Å². The quantitative estimate of drug-likeness (QED) is 0.471. The first kappa shape index (κ1) is 25.3. The number of β-amino-alcohol motifs (C(OH)–C–C–N with tert-alkyl or cyclic N) is 1. The molecule has 9 heteroatoms. The van der Waals surface area contributed by atoms with Gasteiger partial charge in [0.1, 0.15) is 18.5 Å². The molecule has 0 radical (unpaired) electrons. The van der Waals surface area contributed by atoms with Crippen molar-refractivity contribution >= 4 is 35.0 Å². The zero-order chi connectivity index (χ0) is 24.6. The van der Waals surface area contributed by atoms with Crippen molar-refractivity contribution in [2.75, 3.05) is 39.6 Å². The van der Waals surface area contributed by atoms with Gasteiger partial charge in [-0.25, -0.2) is 0 Å². The second-order valence-corrected chi connectivity index (χ2v) is 9.65. The highest BCUT2D eigenvalue weighted by Crippen LogP contribution is 2.35. The van der Waals surface area contributed by atoms with E-state index in [1.807, 2.05) is 36.4 Å². The standard InChI is InChI=1S/C28H28N2O6.ClH/c31-20(16-34-21-7-8-24-25(13-21)36-17-35-24)15-29-11-9-18(10-12-29)14-30-27(32)22-5-1-3-19-4-2-6-23(26(19)22)28(30)33;/h1-8,13,18,20,31H,9-12,14-17H2;1H. The maximum Gasteiger partial charge on any atom is 0.261 e. The molecular weight excluding hydrogens is 496 g/mol. The number of amides is 2. The molecule has 3 aromatic carbocycles. The molecule has 0 aliphatic carbocycles. The lowest BCUT2D eigenvalue weighted by Gasteiger charge is -2.36.